The molecule has 1 aromatic carbocycles. The number of hydrogen-bond acceptors (Lipinski definition) is 3. The number of amides is 1. The van der Waals surface area contributed by atoms with Gasteiger partial charge in [0.2, 0.25) is 5.91 Å². The monoisotopic (exact) mass is 391 g/mol. The molecule has 0 spiro atoms. The summed E-state index contributed by atoms with van der Waals surface area (Å²) in [4.78, 5) is 14.3. The Balaban J connectivity index is 0.00000156. The molecule has 0 atom stereocenters. The number of carbonyl (C=O) groups excluding carboxylic acids is 1. The SMILES string of the molecule is Cl.Cl.O=C(CNCC1CC1)NC1CCN(Cc2ccc(F)cc2)CC1. The molecule has 1 aliphatic heterocycles. The summed E-state index contributed by atoms with van der Waals surface area (Å²) < 4.78 is 12.9. The minimum absolute atomic E-state index is 0. The summed E-state index contributed by atoms with van der Waals surface area (Å²) in [5.74, 6) is 0.727. The summed E-state index contributed by atoms with van der Waals surface area (Å²) in [6.07, 6.45) is 4.58. The third-order valence-electron chi connectivity index (χ3n) is 4.69. The van der Waals surface area contributed by atoms with Crippen molar-refractivity contribution in [3.05, 3.63) is 35.6 Å². The van der Waals surface area contributed by atoms with E-state index >= 15 is 0 Å². The number of nitrogens with zero attached hydrogens (tertiary/aromatic N) is 1. The first-order valence-corrected chi connectivity index (χ1v) is 8.66. The molecule has 1 saturated carbocycles. The summed E-state index contributed by atoms with van der Waals surface area (Å²) in [6.45, 7) is 4.20. The highest BCUT2D eigenvalue weighted by Crippen LogP contribution is 2.27. The third kappa shape index (κ3) is 7.90. The minimum atomic E-state index is -0.189. The van der Waals surface area contributed by atoms with Crippen LogP contribution < -0.4 is 10.6 Å². The molecule has 7 heteroatoms. The second kappa shape index (κ2) is 11.0. The van der Waals surface area contributed by atoms with E-state index in [1.54, 1.807) is 0 Å². The fourth-order valence-corrected chi connectivity index (χ4v) is 3.07. The number of piperidine rings is 1. The number of hydrogen-bond donors (Lipinski definition) is 2. The summed E-state index contributed by atoms with van der Waals surface area (Å²) in [5.41, 5.74) is 1.14. The van der Waals surface area contributed by atoms with E-state index in [2.05, 4.69) is 15.5 Å². The van der Waals surface area contributed by atoms with Gasteiger partial charge in [-0.3, -0.25) is 9.69 Å². The molecular weight excluding hydrogens is 364 g/mol. The standard InChI is InChI=1S/C18H26FN3O.2ClH/c19-16-5-3-15(4-6-16)13-22-9-7-17(8-10-22)21-18(23)12-20-11-14-1-2-14;;/h3-6,14,17,20H,1-2,7-13H2,(H,21,23);2*1H. The predicted molar refractivity (Wildman–Crippen MR) is 103 cm³/mol. The predicted octanol–water partition coefficient (Wildman–Crippen LogP) is 2.75. The van der Waals surface area contributed by atoms with E-state index in [9.17, 15) is 9.18 Å². The van der Waals surface area contributed by atoms with Gasteiger partial charge >= 0.3 is 0 Å². The average molecular weight is 392 g/mol. The maximum Gasteiger partial charge on any atom is 0.234 e. The van der Waals surface area contributed by atoms with Crippen LogP contribution in [0.5, 0.6) is 0 Å². The highest BCUT2D eigenvalue weighted by atomic mass is 35.5. The smallest absolute Gasteiger partial charge is 0.234 e. The first kappa shape index (κ1) is 22.2. The molecule has 1 amide bonds. The number of benzene rings is 1. The molecule has 142 valence electrons. The van der Waals surface area contributed by atoms with Crippen LogP contribution in [-0.4, -0.2) is 43.0 Å². The lowest BCUT2D eigenvalue weighted by molar-refractivity contribution is -0.121. The van der Waals surface area contributed by atoms with E-state index in [4.69, 9.17) is 0 Å². The van der Waals surface area contributed by atoms with E-state index in [1.165, 1.54) is 25.0 Å². The van der Waals surface area contributed by atoms with Crippen LogP contribution in [0.3, 0.4) is 0 Å². The van der Waals surface area contributed by atoms with Crippen molar-refractivity contribution in [2.45, 2.75) is 38.3 Å². The molecule has 0 unspecified atom stereocenters. The molecule has 4 nitrogen and oxygen atoms in total. The van der Waals surface area contributed by atoms with Crippen LogP contribution in [0.25, 0.3) is 0 Å². The van der Waals surface area contributed by atoms with Crippen molar-refractivity contribution < 1.29 is 9.18 Å². The number of halogens is 3. The summed E-state index contributed by atoms with van der Waals surface area (Å²) in [7, 11) is 0. The van der Waals surface area contributed by atoms with Crippen LogP contribution in [0.2, 0.25) is 0 Å². The Morgan fingerprint density at radius 1 is 1.08 bits per heavy atom. The van der Waals surface area contributed by atoms with Gasteiger partial charge in [-0.2, -0.15) is 0 Å². The molecule has 2 aliphatic rings. The first-order chi connectivity index (χ1) is 11.2. The molecule has 0 radical (unpaired) electrons. The Labute approximate surface area is 161 Å². The fourth-order valence-electron chi connectivity index (χ4n) is 3.07. The van der Waals surface area contributed by atoms with Crippen molar-refractivity contribution in [3.63, 3.8) is 0 Å². The third-order valence-corrected chi connectivity index (χ3v) is 4.69. The van der Waals surface area contributed by atoms with Crippen LogP contribution in [0.15, 0.2) is 24.3 Å². The Morgan fingerprint density at radius 2 is 1.72 bits per heavy atom. The van der Waals surface area contributed by atoms with E-state index in [0.29, 0.717) is 6.54 Å². The van der Waals surface area contributed by atoms with Crippen LogP contribution >= 0.6 is 24.8 Å². The number of rotatable bonds is 7. The zero-order chi connectivity index (χ0) is 16.1. The van der Waals surface area contributed by atoms with Crippen molar-refractivity contribution in [3.8, 4) is 0 Å². The lowest BCUT2D eigenvalue weighted by atomic mass is 10.0. The van der Waals surface area contributed by atoms with Crippen molar-refractivity contribution in [2.75, 3.05) is 26.2 Å². The Morgan fingerprint density at radius 3 is 2.32 bits per heavy atom. The Kier molecular flexibility index (Phi) is 9.72. The van der Waals surface area contributed by atoms with Gasteiger partial charge in [-0.05, 0) is 55.8 Å². The molecule has 1 heterocycles. The van der Waals surface area contributed by atoms with Crippen LogP contribution in [0.1, 0.15) is 31.2 Å². The van der Waals surface area contributed by atoms with Gasteiger partial charge < -0.3 is 10.6 Å². The molecule has 25 heavy (non-hydrogen) atoms. The molecule has 1 aromatic rings. The van der Waals surface area contributed by atoms with Gasteiger partial charge in [0.25, 0.3) is 0 Å². The van der Waals surface area contributed by atoms with Gasteiger partial charge in [0.05, 0.1) is 6.54 Å². The maximum atomic E-state index is 12.9. The quantitative estimate of drug-likeness (QED) is 0.750. The first-order valence-electron chi connectivity index (χ1n) is 8.66. The summed E-state index contributed by atoms with van der Waals surface area (Å²) in [6, 6.07) is 6.99. The van der Waals surface area contributed by atoms with Crippen molar-refractivity contribution in [2.24, 2.45) is 5.92 Å². The molecule has 3 rings (SSSR count). The molecule has 2 N–H and O–H groups in total. The van der Waals surface area contributed by atoms with E-state index < -0.39 is 0 Å². The Hall–Kier alpha value is -0.880. The molecule has 0 bridgehead atoms. The van der Waals surface area contributed by atoms with Gasteiger partial charge in [-0.25, -0.2) is 4.39 Å². The van der Waals surface area contributed by atoms with Gasteiger partial charge in [0, 0.05) is 25.7 Å². The van der Waals surface area contributed by atoms with Crippen LogP contribution in [0, 0.1) is 11.7 Å². The number of likely N-dealkylation sites (tertiary alicyclic amines) is 1. The lowest BCUT2D eigenvalue weighted by Crippen LogP contribution is -2.46. The van der Waals surface area contributed by atoms with E-state index in [1.807, 2.05) is 12.1 Å². The second-order valence-electron chi connectivity index (χ2n) is 6.82. The molecule has 1 aliphatic carbocycles. The zero-order valence-electron chi connectivity index (χ0n) is 14.4. The zero-order valence-corrected chi connectivity index (χ0v) is 16.0. The lowest BCUT2D eigenvalue weighted by Gasteiger charge is -2.32. The van der Waals surface area contributed by atoms with Crippen LogP contribution in [-0.2, 0) is 11.3 Å². The number of carbonyl (C=O) groups is 1. The minimum Gasteiger partial charge on any atom is -0.352 e. The average Bonchev–Trinajstić information content (AvgIpc) is 3.36. The van der Waals surface area contributed by atoms with Gasteiger partial charge in [-0.15, -0.1) is 24.8 Å². The van der Waals surface area contributed by atoms with E-state index in [-0.39, 0.29) is 42.6 Å². The van der Waals surface area contributed by atoms with Gasteiger partial charge in [0.1, 0.15) is 5.82 Å². The second-order valence-corrected chi connectivity index (χ2v) is 6.82. The Bertz CT molecular complexity index is 518. The number of nitrogens with one attached hydrogen (secondary N) is 2. The maximum absolute atomic E-state index is 12.9. The van der Waals surface area contributed by atoms with Gasteiger partial charge in [-0.1, -0.05) is 12.1 Å². The highest BCUT2D eigenvalue weighted by Gasteiger charge is 2.22. The highest BCUT2D eigenvalue weighted by molar-refractivity contribution is 5.85. The summed E-state index contributed by atoms with van der Waals surface area (Å²) in [5, 5.41) is 6.36. The summed E-state index contributed by atoms with van der Waals surface area (Å²) >= 11 is 0. The van der Waals surface area contributed by atoms with Crippen molar-refractivity contribution >= 4 is 30.7 Å². The largest absolute Gasteiger partial charge is 0.352 e. The van der Waals surface area contributed by atoms with Gasteiger partial charge in [0.15, 0.2) is 0 Å². The molecular formula is C18H28Cl2FN3O. The van der Waals surface area contributed by atoms with E-state index in [0.717, 1.165) is 50.5 Å². The van der Waals surface area contributed by atoms with Crippen molar-refractivity contribution in [1.82, 2.24) is 15.5 Å². The fraction of sp³-hybridized carbons (Fsp3) is 0.611. The normalized spacial score (nSPS) is 18.1. The molecule has 2 fully saturated rings. The van der Waals surface area contributed by atoms with Crippen molar-refractivity contribution in [1.29, 1.82) is 0 Å². The van der Waals surface area contributed by atoms with Crippen LogP contribution in [0.4, 0.5) is 4.39 Å². The molecule has 0 aromatic heterocycles. The topological polar surface area (TPSA) is 44.4 Å². The molecule has 1 saturated heterocycles.